The molecule has 1 aromatic carbocycles. The van der Waals surface area contributed by atoms with Gasteiger partial charge in [0.1, 0.15) is 11.8 Å². The van der Waals surface area contributed by atoms with E-state index in [1.165, 1.54) is 7.11 Å². The van der Waals surface area contributed by atoms with Crippen LogP contribution >= 0.6 is 0 Å². The molecule has 1 N–H and O–H groups in total. The van der Waals surface area contributed by atoms with Gasteiger partial charge in [0.05, 0.1) is 13.7 Å². The van der Waals surface area contributed by atoms with Gasteiger partial charge in [-0.2, -0.15) is 0 Å². The van der Waals surface area contributed by atoms with Crippen molar-refractivity contribution in [2.75, 3.05) is 13.7 Å². The Labute approximate surface area is 124 Å². The minimum atomic E-state index is -0.619. The number of nitrogens with one attached hydrogen (secondary N) is 1. The molecule has 114 valence electrons. The third-order valence-corrected chi connectivity index (χ3v) is 3.45. The van der Waals surface area contributed by atoms with Crippen molar-refractivity contribution >= 4 is 11.9 Å². The molecule has 0 saturated heterocycles. The highest BCUT2D eigenvalue weighted by molar-refractivity contribution is 5.97. The van der Waals surface area contributed by atoms with Crippen LogP contribution in [0.3, 0.4) is 0 Å². The molecule has 0 unspecified atom stereocenters. The standard InChI is InChI=1S/C16H21NO4/c1-10(2)8-13(16(19)20-3)17-15(18)12-4-5-14-11(9-12)6-7-21-14/h4-5,9-10,13H,6-8H2,1-3H3,(H,17,18)/t13-/m0/s1. The van der Waals surface area contributed by atoms with Crippen molar-refractivity contribution in [3.05, 3.63) is 29.3 Å². The van der Waals surface area contributed by atoms with Crippen molar-refractivity contribution in [2.45, 2.75) is 32.7 Å². The molecule has 0 fully saturated rings. The van der Waals surface area contributed by atoms with Gasteiger partial charge in [-0.25, -0.2) is 4.79 Å². The number of esters is 1. The summed E-state index contributed by atoms with van der Waals surface area (Å²) in [7, 11) is 1.33. The van der Waals surface area contributed by atoms with Gasteiger partial charge < -0.3 is 14.8 Å². The maximum atomic E-state index is 12.3. The van der Waals surface area contributed by atoms with E-state index in [4.69, 9.17) is 9.47 Å². The highest BCUT2D eigenvalue weighted by Crippen LogP contribution is 2.25. The van der Waals surface area contributed by atoms with Crippen LogP contribution in [0.4, 0.5) is 0 Å². The Morgan fingerprint density at radius 1 is 1.38 bits per heavy atom. The summed E-state index contributed by atoms with van der Waals surface area (Å²) >= 11 is 0. The van der Waals surface area contributed by atoms with Crippen LogP contribution in [-0.4, -0.2) is 31.6 Å². The number of methoxy groups -OCH3 is 1. The quantitative estimate of drug-likeness (QED) is 0.842. The van der Waals surface area contributed by atoms with Crippen molar-refractivity contribution < 1.29 is 19.1 Å². The molecule has 1 aromatic rings. The van der Waals surface area contributed by atoms with E-state index in [2.05, 4.69) is 5.32 Å². The maximum Gasteiger partial charge on any atom is 0.328 e. The Morgan fingerprint density at radius 3 is 2.81 bits per heavy atom. The summed E-state index contributed by atoms with van der Waals surface area (Å²) in [5.74, 6) is 0.434. The van der Waals surface area contributed by atoms with E-state index >= 15 is 0 Å². The normalized spacial score (nSPS) is 14.3. The number of amides is 1. The Balaban J connectivity index is 2.09. The number of carbonyl (C=O) groups is 2. The van der Waals surface area contributed by atoms with Gasteiger partial charge in [0.2, 0.25) is 0 Å². The van der Waals surface area contributed by atoms with Gasteiger partial charge in [0.25, 0.3) is 5.91 Å². The summed E-state index contributed by atoms with van der Waals surface area (Å²) in [6, 6.07) is 4.71. The first kappa shape index (κ1) is 15.4. The number of hydrogen-bond acceptors (Lipinski definition) is 4. The molecule has 0 radical (unpaired) electrons. The molecule has 0 spiro atoms. The first-order chi connectivity index (χ1) is 10.0. The predicted octanol–water partition coefficient (Wildman–Crippen LogP) is 1.94. The van der Waals surface area contributed by atoms with Crippen LogP contribution in [0.1, 0.15) is 36.2 Å². The Morgan fingerprint density at radius 2 is 2.14 bits per heavy atom. The van der Waals surface area contributed by atoms with Crippen molar-refractivity contribution in [3.8, 4) is 5.75 Å². The lowest BCUT2D eigenvalue weighted by atomic mass is 10.0. The number of carbonyl (C=O) groups excluding carboxylic acids is 2. The van der Waals surface area contributed by atoms with Gasteiger partial charge in [-0.3, -0.25) is 4.79 Å². The molecule has 1 aliphatic heterocycles. The fraction of sp³-hybridized carbons (Fsp3) is 0.500. The highest BCUT2D eigenvalue weighted by Gasteiger charge is 2.24. The van der Waals surface area contributed by atoms with Crippen LogP contribution in [0, 0.1) is 5.92 Å². The number of ether oxygens (including phenoxy) is 2. The summed E-state index contributed by atoms with van der Waals surface area (Å²) in [6.45, 7) is 4.64. The smallest absolute Gasteiger partial charge is 0.328 e. The summed E-state index contributed by atoms with van der Waals surface area (Å²) < 4.78 is 10.2. The summed E-state index contributed by atoms with van der Waals surface area (Å²) in [6.07, 6.45) is 1.36. The molecule has 1 amide bonds. The predicted molar refractivity (Wildman–Crippen MR) is 78.4 cm³/mol. The van der Waals surface area contributed by atoms with E-state index in [9.17, 15) is 9.59 Å². The van der Waals surface area contributed by atoms with Gasteiger partial charge in [-0.15, -0.1) is 0 Å². The second kappa shape index (κ2) is 6.61. The molecule has 1 heterocycles. The molecule has 1 atom stereocenters. The molecular weight excluding hydrogens is 270 g/mol. The topological polar surface area (TPSA) is 64.6 Å². The number of benzene rings is 1. The van der Waals surface area contributed by atoms with Crippen molar-refractivity contribution in [1.82, 2.24) is 5.32 Å². The molecule has 21 heavy (non-hydrogen) atoms. The number of rotatable bonds is 5. The first-order valence-corrected chi connectivity index (χ1v) is 7.15. The second-order valence-electron chi connectivity index (χ2n) is 5.60. The Kier molecular flexibility index (Phi) is 4.83. The van der Waals surface area contributed by atoms with Crippen LogP contribution in [0.5, 0.6) is 5.75 Å². The second-order valence-corrected chi connectivity index (χ2v) is 5.60. The van der Waals surface area contributed by atoms with Crippen LogP contribution < -0.4 is 10.1 Å². The van der Waals surface area contributed by atoms with Crippen molar-refractivity contribution in [3.63, 3.8) is 0 Å². The zero-order valence-electron chi connectivity index (χ0n) is 12.6. The largest absolute Gasteiger partial charge is 0.493 e. The molecule has 5 nitrogen and oxygen atoms in total. The summed E-state index contributed by atoms with van der Waals surface area (Å²) in [4.78, 5) is 24.0. The van der Waals surface area contributed by atoms with Crippen LogP contribution in [0.2, 0.25) is 0 Å². The van der Waals surface area contributed by atoms with E-state index in [0.29, 0.717) is 18.6 Å². The molecule has 1 aliphatic rings. The van der Waals surface area contributed by atoms with Crippen LogP contribution in [-0.2, 0) is 16.0 Å². The van der Waals surface area contributed by atoms with Gasteiger partial charge in [0.15, 0.2) is 0 Å². The third-order valence-electron chi connectivity index (χ3n) is 3.45. The molecule has 0 saturated carbocycles. The highest BCUT2D eigenvalue weighted by atomic mass is 16.5. The molecule has 0 bridgehead atoms. The SMILES string of the molecule is COC(=O)[C@H](CC(C)C)NC(=O)c1ccc2c(c1)CCO2. The average Bonchev–Trinajstić information content (AvgIpc) is 2.92. The Hall–Kier alpha value is -2.04. The van der Waals surface area contributed by atoms with Gasteiger partial charge >= 0.3 is 5.97 Å². The molecule has 0 aliphatic carbocycles. The summed E-state index contributed by atoms with van der Waals surface area (Å²) in [5, 5.41) is 2.75. The van der Waals surface area contributed by atoms with Crippen molar-refractivity contribution in [1.29, 1.82) is 0 Å². The van der Waals surface area contributed by atoms with E-state index in [1.807, 2.05) is 19.9 Å². The molecule has 5 heteroatoms. The lowest BCUT2D eigenvalue weighted by molar-refractivity contribution is -0.143. The monoisotopic (exact) mass is 291 g/mol. The van der Waals surface area contributed by atoms with Gasteiger partial charge in [-0.1, -0.05) is 13.8 Å². The van der Waals surface area contributed by atoms with E-state index < -0.39 is 12.0 Å². The zero-order chi connectivity index (χ0) is 15.4. The molecular formula is C16H21NO4. The Bertz CT molecular complexity index is 539. The molecule has 0 aromatic heterocycles. The minimum Gasteiger partial charge on any atom is -0.493 e. The number of hydrogen-bond donors (Lipinski definition) is 1. The van der Waals surface area contributed by atoms with E-state index in [-0.39, 0.29) is 11.8 Å². The molecule has 2 rings (SSSR count). The van der Waals surface area contributed by atoms with E-state index in [0.717, 1.165) is 17.7 Å². The average molecular weight is 291 g/mol. The lowest BCUT2D eigenvalue weighted by Gasteiger charge is -2.18. The fourth-order valence-electron chi connectivity index (χ4n) is 2.40. The van der Waals surface area contributed by atoms with Crippen molar-refractivity contribution in [2.24, 2.45) is 5.92 Å². The number of fused-ring (bicyclic) bond motifs is 1. The summed E-state index contributed by atoms with van der Waals surface area (Å²) in [5.41, 5.74) is 1.57. The fourth-order valence-corrected chi connectivity index (χ4v) is 2.40. The first-order valence-electron chi connectivity index (χ1n) is 7.15. The van der Waals surface area contributed by atoms with Gasteiger partial charge in [-0.05, 0) is 36.1 Å². The third kappa shape index (κ3) is 3.74. The van der Waals surface area contributed by atoms with Crippen LogP contribution in [0.15, 0.2) is 18.2 Å². The zero-order valence-corrected chi connectivity index (χ0v) is 12.6. The van der Waals surface area contributed by atoms with E-state index in [1.54, 1.807) is 12.1 Å². The minimum absolute atomic E-state index is 0.263. The van der Waals surface area contributed by atoms with Gasteiger partial charge in [0, 0.05) is 12.0 Å². The lowest BCUT2D eigenvalue weighted by Crippen LogP contribution is -2.42. The maximum absolute atomic E-state index is 12.3. The van der Waals surface area contributed by atoms with Crippen LogP contribution in [0.25, 0.3) is 0 Å².